The van der Waals surface area contributed by atoms with Gasteiger partial charge in [-0.25, -0.2) is 4.39 Å². The number of thiocarbonyl (C=S) groups is 1. The molecular formula is C21H25FN4OS. The van der Waals surface area contributed by atoms with Crippen molar-refractivity contribution in [3.8, 4) is 0 Å². The quantitative estimate of drug-likeness (QED) is 0.447. The van der Waals surface area contributed by atoms with Crippen molar-refractivity contribution in [2.75, 3.05) is 26.8 Å². The van der Waals surface area contributed by atoms with E-state index in [2.05, 4.69) is 20.2 Å². The van der Waals surface area contributed by atoms with Crippen LogP contribution in [0.15, 0.2) is 42.7 Å². The number of hydrogen-bond donors (Lipinski definition) is 2. The minimum Gasteiger partial charge on any atom is -0.383 e. The summed E-state index contributed by atoms with van der Waals surface area (Å²) < 4.78 is 18.8. The van der Waals surface area contributed by atoms with Crippen LogP contribution in [0.4, 0.5) is 4.39 Å². The van der Waals surface area contributed by atoms with Crippen LogP contribution in [0.3, 0.4) is 0 Å². The Morgan fingerprint density at radius 1 is 1.29 bits per heavy atom. The number of nitrogens with one attached hydrogen (secondary N) is 2. The molecule has 3 aromatic rings. The van der Waals surface area contributed by atoms with E-state index in [4.69, 9.17) is 17.0 Å². The number of rotatable bonds is 8. The Balaban J connectivity index is 1.76. The predicted octanol–water partition coefficient (Wildman–Crippen LogP) is 3.58. The van der Waals surface area contributed by atoms with E-state index < -0.39 is 0 Å². The number of fused-ring (bicyclic) bond motifs is 1. The van der Waals surface area contributed by atoms with Gasteiger partial charge in [0, 0.05) is 55.7 Å². The summed E-state index contributed by atoms with van der Waals surface area (Å²) in [7, 11) is 1.67. The van der Waals surface area contributed by atoms with E-state index in [0.717, 1.165) is 34.1 Å². The molecule has 5 nitrogen and oxygen atoms in total. The number of aromatic amines is 1. The topological polar surface area (TPSA) is 53.2 Å². The van der Waals surface area contributed by atoms with Gasteiger partial charge in [-0.2, -0.15) is 0 Å². The number of aromatic nitrogens is 2. The first kappa shape index (κ1) is 20.2. The van der Waals surface area contributed by atoms with Crippen LogP contribution in [0.25, 0.3) is 10.9 Å². The second-order valence-corrected chi connectivity index (χ2v) is 7.06. The molecule has 2 N–H and O–H groups in total. The monoisotopic (exact) mass is 400 g/mol. The Kier molecular flexibility index (Phi) is 6.95. The molecule has 1 aromatic carbocycles. The van der Waals surface area contributed by atoms with Gasteiger partial charge in [0.25, 0.3) is 0 Å². The summed E-state index contributed by atoms with van der Waals surface area (Å²) >= 11 is 5.61. The summed E-state index contributed by atoms with van der Waals surface area (Å²) in [6.07, 6.45) is 4.31. The fourth-order valence-electron chi connectivity index (χ4n) is 3.26. The molecule has 0 amide bonds. The maximum atomic E-state index is 13.7. The number of pyridine rings is 1. The molecule has 0 aliphatic rings. The molecule has 28 heavy (non-hydrogen) atoms. The smallest absolute Gasteiger partial charge is 0.169 e. The molecule has 0 fully saturated rings. The second kappa shape index (κ2) is 9.61. The van der Waals surface area contributed by atoms with E-state index in [1.54, 1.807) is 31.6 Å². The van der Waals surface area contributed by atoms with Crippen LogP contribution in [0.5, 0.6) is 0 Å². The van der Waals surface area contributed by atoms with Crippen molar-refractivity contribution in [3.05, 3.63) is 65.4 Å². The number of ether oxygens (including phenoxy) is 1. The standard InChI is InChI=1S/C21H25FN4OS/c1-15-18(19-13-17(22)3-4-20(19)25-15)7-11-26(21(28)24-10-12-27-2)14-16-5-8-23-9-6-16/h3-6,8-9,13,25H,7,10-12,14H2,1-2H3,(H,24,28). The number of methoxy groups -OCH3 is 1. The van der Waals surface area contributed by atoms with Gasteiger partial charge < -0.3 is 19.9 Å². The summed E-state index contributed by atoms with van der Waals surface area (Å²) in [6.45, 7) is 4.65. The van der Waals surface area contributed by atoms with Crippen molar-refractivity contribution in [2.45, 2.75) is 19.9 Å². The Morgan fingerprint density at radius 2 is 2.07 bits per heavy atom. The molecule has 2 aromatic heterocycles. The molecule has 0 spiro atoms. The van der Waals surface area contributed by atoms with E-state index in [1.807, 2.05) is 19.1 Å². The van der Waals surface area contributed by atoms with Gasteiger partial charge in [-0.15, -0.1) is 0 Å². The number of H-pyrrole nitrogens is 1. The molecule has 0 saturated carbocycles. The lowest BCUT2D eigenvalue weighted by molar-refractivity contribution is 0.203. The Hall–Kier alpha value is -2.51. The van der Waals surface area contributed by atoms with E-state index in [-0.39, 0.29) is 5.82 Å². The summed E-state index contributed by atoms with van der Waals surface area (Å²) in [5.74, 6) is -0.224. The SMILES string of the molecule is COCCNC(=S)N(CCc1c(C)[nH]c2ccc(F)cc12)Cc1ccncc1. The molecule has 2 heterocycles. The lowest BCUT2D eigenvalue weighted by Gasteiger charge is -2.26. The van der Waals surface area contributed by atoms with Gasteiger partial charge in [0.05, 0.1) is 6.61 Å². The molecule has 0 bridgehead atoms. The number of nitrogens with zero attached hydrogens (tertiary/aromatic N) is 2. The third-order valence-corrected chi connectivity index (χ3v) is 5.11. The van der Waals surface area contributed by atoms with Gasteiger partial charge >= 0.3 is 0 Å². The Labute approximate surface area is 169 Å². The van der Waals surface area contributed by atoms with Crippen molar-refractivity contribution < 1.29 is 9.13 Å². The van der Waals surface area contributed by atoms with E-state index in [1.165, 1.54) is 6.07 Å². The third-order valence-electron chi connectivity index (χ3n) is 4.71. The van der Waals surface area contributed by atoms with Crippen molar-refractivity contribution in [1.82, 2.24) is 20.2 Å². The van der Waals surface area contributed by atoms with Crippen LogP contribution in [0.2, 0.25) is 0 Å². The van der Waals surface area contributed by atoms with Gasteiger partial charge in [0.1, 0.15) is 5.82 Å². The maximum absolute atomic E-state index is 13.7. The summed E-state index contributed by atoms with van der Waals surface area (Å²) in [4.78, 5) is 9.54. The van der Waals surface area contributed by atoms with Crippen LogP contribution in [-0.2, 0) is 17.7 Å². The van der Waals surface area contributed by atoms with Crippen LogP contribution in [0, 0.1) is 12.7 Å². The van der Waals surface area contributed by atoms with Crippen molar-refractivity contribution in [3.63, 3.8) is 0 Å². The zero-order valence-electron chi connectivity index (χ0n) is 16.2. The largest absolute Gasteiger partial charge is 0.383 e. The fourth-order valence-corrected chi connectivity index (χ4v) is 3.51. The number of hydrogen-bond acceptors (Lipinski definition) is 3. The molecule has 3 rings (SSSR count). The molecule has 7 heteroatoms. The van der Waals surface area contributed by atoms with Crippen LogP contribution < -0.4 is 5.32 Å². The average molecular weight is 401 g/mol. The van der Waals surface area contributed by atoms with Crippen molar-refractivity contribution in [1.29, 1.82) is 0 Å². The van der Waals surface area contributed by atoms with Crippen LogP contribution >= 0.6 is 12.2 Å². The zero-order chi connectivity index (χ0) is 19.9. The predicted molar refractivity (Wildman–Crippen MR) is 114 cm³/mol. The van der Waals surface area contributed by atoms with Gasteiger partial charge in [-0.05, 0) is 67.0 Å². The lowest BCUT2D eigenvalue weighted by Crippen LogP contribution is -2.41. The zero-order valence-corrected chi connectivity index (χ0v) is 17.0. The van der Waals surface area contributed by atoms with Gasteiger partial charge in [-0.3, -0.25) is 4.98 Å². The first-order chi connectivity index (χ1) is 13.6. The average Bonchev–Trinajstić information content (AvgIpc) is 3.00. The highest BCUT2D eigenvalue weighted by Crippen LogP contribution is 2.24. The summed E-state index contributed by atoms with van der Waals surface area (Å²) in [5.41, 5.74) is 4.26. The highest BCUT2D eigenvalue weighted by atomic mass is 32.1. The van der Waals surface area contributed by atoms with E-state index in [0.29, 0.717) is 31.4 Å². The summed E-state index contributed by atoms with van der Waals surface area (Å²) in [5, 5.41) is 4.85. The minimum atomic E-state index is -0.224. The normalized spacial score (nSPS) is 11.0. The fraction of sp³-hybridized carbons (Fsp3) is 0.333. The van der Waals surface area contributed by atoms with Crippen LogP contribution in [-0.4, -0.2) is 46.8 Å². The molecule has 0 atom stereocenters. The molecule has 148 valence electrons. The highest BCUT2D eigenvalue weighted by molar-refractivity contribution is 7.80. The van der Waals surface area contributed by atoms with Crippen molar-refractivity contribution >= 4 is 28.2 Å². The Morgan fingerprint density at radius 3 is 2.82 bits per heavy atom. The Bertz CT molecular complexity index is 929. The molecule has 0 saturated heterocycles. The minimum absolute atomic E-state index is 0.224. The van der Waals surface area contributed by atoms with Gasteiger partial charge in [0.2, 0.25) is 0 Å². The van der Waals surface area contributed by atoms with Crippen molar-refractivity contribution in [2.24, 2.45) is 0 Å². The number of halogens is 1. The lowest BCUT2D eigenvalue weighted by atomic mass is 10.1. The summed E-state index contributed by atoms with van der Waals surface area (Å²) in [6, 6.07) is 8.82. The van der Waals surface area contributed by atoms with Crippen LogP contribution in [0.1, 0.15) is 16.8 Å². The number of benzene rings is 1. The maximum Gasteiger partial charge on any atom is 0.169 e. The molecule has 0 radical (unpaired) electrons. The van der Waals surface area contributed by atoms with E-state index >= 15 is 0 Å². The molecule has 0 unspecified atom stereocenters. The highest BCUT2D eigenvalue weighted by Gasteiger charge is 2.14. The molecule has 0 aliphatic heterocycles. The molecular weight excluding hydrogens is 375 g/mol. The molecule has 0 aliphatic carbocycles. The van der Waals surface area contributed by atoms with E-state index in [9.17, 15) is 4.39 Å². The third kappa shape index (κ3) is 5.05. The van der Waals surface area contributed by atoms with Gasteiger partial charge in [0.15, 0.2) is 5.11 Å². The second-order valence-electron chi connectivity index (χ2n) is 6.67. The first-order valence-electron chi connectivity index (χ1n) is 9.26. The van der Waals surface area contributed by atoms with Gasteiger partial charge in [-0.1, -0.05) is 0 Å². The first-order valence-corrected chi connectivity index (χ1v) is 9.66. The number of aryl methyl sites for hydroxylation is 1.